The maximum atomic E-state index is 14.2. The molecule has 0 spiro atoms. The standard InChI is InChI=1S/C28H22FN7O/c1-28(2,15-30)25-10-7-19(13-33-25)36-26-21-11-17(20-12-18(29)6-9-24(20)37-4)5-8-22(21)32-14-23(26)35(3)27(36)34-16-31/h5-14H,1-4H3/b34-27-. The van der Waals surface area contributed by atoms with Gasteiger partial charge in [-0.05, 0) is 61.9 Å². The van der Waals surface area contributed by atoms with Crippen LogP contribution < -0.4 is 10.4 Å². The maximum absolute atomic E-state index is 14.2. The summed E-state index contributed by atoms with van der Waals surface area (Å²) in [5, 5.41) is 19.7. The number of fused-ring (bicyclic) bond motifs is 3. The number of aryl methyl sites for hydroxylation is 1. The minimum absolute atomic E-state index is 0.372. The average molecular weight is 492 g/mol. The van der Waals surface area contributed by atoms with Gasteiger partial charge in [-0.1, -0.05) is 6.07 Å². The Hall–Kier alpha value is -5.02. The van der Waals surface area contributed by atoms with Crippen LogP contribution in [-0.2, 0) is 12.5 Å². The van der Waals surface area contributed by atoms with Gasteiger partial charge < -0.3 is 9.30 Å². The Balaban J connectivity index is 1.86. The third kappa shape index (κ3) is 3.87. The molecule has 0 bridgehead atoms. The van der Waals surface area contributed by atoms with Crippen molar-refractivity contribution in [2.75, 3.05) is 7.11 Å². The maximum Gasteiger partial charge on any atom is 0.226 e. The summed E-state index contributed by atoms with van der Waals surface area (Å²) in [6.07, 6.45) is 5.28. The average Bonchev–Trinajstić information content (AvgIpc) is 3.20. The Kier molecular flexibility index (Phi) is 5.69. The van der Waals surface area contributed by atoms with Crippen LogP contribution in [0.5, 0.6) is 5.75 Å². The molecule has 0 unspecified atom stereocenters. The number of nitrogens with zero attached hydrogens (tertiary/aromatic N) is 7. The van der Waals surface area contributed by atoms with E-state index in [9.17, 15) is 14.9 Å². The molecule has 0 saturated carbocycles. The summed E-state index contributed by atoms with van der Waals surface area (Å²) in [6, 6.07) is 16.0. The van der Waals surface area contributed by atoms with Gasteiger partial charge in [0.1, 0.15) is 11.6 Å². The van der Waals surface area contributed by atoms with E-state index in [0.717, 1.165) is 22.0 Å². The van der Waals surface area contributed by atoms with Crippen molar-refractivity contribution >= 4 is 21.9 Å². The van der Waals surface area contributed by atoms with Gasteiger partial charge in [0.2, 0.25) is 11.8 Å². The second-order valence-corrected chi connectivity index (χ2v) is 9.11. The van der Waals surface area contributed by atoms with E-state index in [-0.39, 0.29) is 5.82 Å². The van der Waals surface area contributed by atoms with Gasteiger partial charge in [-0.25, -0.2) is 4.39 Å². The number of aromatic nitrogens is 4. The molecule has 0 fully saturated rings. The molecule has 0 aliphatic carbocycles. The molecule has 0 saturated heterocycles. The van der Waals surface area contributed by atoms with Crippen LogP contribution in [0.4, 0.5) is 4.39 Å². The van der Waals surface area contributed by atoms with E-state index in [4.69, 9.17) is 4.74 Å². The highest BCUT2D eigenvalue weighted by Crippen LogP contribution is 2.34. The van der Waals surface area contributed by atoms with Crippen LogP contribution in [-0.4, -0.2) is 26.2 Å². The SMILES string of the molecule is COc1ccc(F)cc1-c1ccc2ncc3c(c2c1)n(-c1ccc(C(C)(C)C#N)nc1)/c(=N\C#N)n3C. The lowest BCUT2D eigenvalue weighted by molar-refractivity contribution is 0.415. The van der Waals surface area contributed by atoms with Crippen LogP contribution >= 0.6 is 0 Å². The molecule has 0 aliphatic rings. The van der Waals surface area contributed by atoms with Crippen molar-refractivity contribution in [1.82, 2.24) is 19.1 Å². The molecule has 0 aliphatic heterocycles. The lowest BCUT2D eigenvalue weighted by atomic mass is 9.91. The molecule has 8 nitrogen and oxygen atoms in total. The van der Waals surface area contributed by atoms with Gasteiger partial charge in [0.15, 0.2) is 0 Å². The number of methoxy groups -OCH3 is 1. The van der Waals surface area contributed by atoms with E-state index in [1.165, 1.54) is 12.1 Å². The van der Waals surface area contributed by atoms with Crippen LogP contribution in [0.25, 0.3) is 38.8 Å². The number of hydrogen-bond donors (Lipinski definition) is 0. The molecule has 3 aromatic heterocycles. The van der Waals surface area contributed by atoms with E-state index >= 15 is 0 Å². The predicted molar refractivity (Wildman–Crippen MR) is 137 cm³/mol. The molecule has 182 valence electrons. The van der Waals surface area contributed by atoms with Gasteiger partial charge in [-0.3, -0.25) is 14.5 Å². The fraction of sp³-hybridized carbons (Fsp3) is 0.179. The summed E-state index contributed by atoms with van der Waals surface area (Å²) in [5.41, 5.74) is 4.49. The molecule has 2 aromatic carbocycles. The van der Waals surface area contributed by atoms with Crippen molar-refractivity contribution in [1.29, 1.82) is 10.5 Å². The predicted octanol–water partition coefficient (Wildman–Crippen LogP) is 4.91. The van der Waals surface area contributed by atoms with Crippen LogP contribution in [0.1, 0.15) is 19.5 Å². The Labute approximate surface area is 212 Å². The molecule has 5 rings (SSSR count). The van der Waals surface area contributed by atoms with E-state index in [1.807, 2.05) is 42.1 Å². The number of ether oxygens (including phenoxy) is 1. The van der Waals surface area contributed by atoms with Crippen LogP contribution in [0.2, 0.25) is 0 Å². The summed E-state index contributed by atoms with van der Waals surface area (Å²) >= 11 is 0. The first-order chi connectivity index (χ1) is 17.8. The molecule has 9 heteroatoms. The van der Waals surface area contributed by atoms with Crippen molar-refractivity contribution < 1.29 is 9.13 Å². The zero-order chi connectivity index (χ0) is 26.3. The lowest BCUT2D eigenvalue weighted by Gasteiger charge is -2.15. The number of rotatable bonds is 4. The quantitative estimate of drug-likeness (QED) is 0.332. The third-order valence-corrected chi connectivity index (χ3v) is 6.45. The first-order valence-electron chi connectivity index (χ1n) is 11.4. The fourth-order valence-electron chi connectivity index (χ4n) is 4.44. The Bertz CT molecular complexity index is 1830. The fourth-order valence-corrected chi connectivity index (χ4v) is 4.44. The lowest BCUT2D eigenvalue weighted by Crippen LogP contribution is -2.23. The van der Waals surface area contributed by atoms with Crippen LogP contribution in [0.3, 0.4) is 0 Å². The van der Waals surface area contributed by atoms with E-state index in [0.29, 0.717) is 33.8 Å². The molecule has 0 amide bonds. The monoisotopic (exact) mass is 491 g/mol. The number of hydrogen-bond acceptors (Lipinski definition) is 6. The van der Waals surface area contributed by atoms with Crippen LogP contribution in [0, 0.1) is 28.6 Å². The number of benzene rings is 2. The number of nitriles is 2. The Morgan fingerprint density at radius 2 is 1.84 bits per heavy atom. The molecule has 3 heterocycles. The van der Waals surface area contributed by atoms with Gasteiger partial charge in [0.25, 0.3) is 0 Å². The van der Waals surface area contributed by atoms with E-state index < -0.39 is 5.41 Å². The Morgan fingerprint density at radius 1 is 1.03 bits per heavy atom. The van der Waals surface area contributed by atoms with Crippen molar-refractivity contribution in [2.45, 2.75) is 19.3 Å². The molecule has 0 radical (unpaired) electrons. The Morgan fingerprint density at radius 3 is 2.51 bits per heavy atom. The molecule has 5 aromatic rings. The van der Waals surface area contributed by atoms with Crippen molar-refractivity contribution in [3.05, 3.63) is 78.1 Å². The topological polar surface area (TPSA) is 105 Å². The van der Waals surface area contributed by atoms with Gasteiger partial charge in [-0.15, -0.1) is 4.99 Å². The van der Waals surface area contributed by atoms with Gasteiger partial charge in [0, 0.05) is 18.0 Å². The number of imidazole rings is 1. The zero-order valence-corrected chi connectivity index (χ0v) is 20.7. The molecule has 37 heavy (non-hydrogen) atoms. The minimum atomic E-state index is -0.753. The van der Waals surface area contributed by atoms with Gasteiger partial charge >= 0.3 is 0 Å². The molecular weight excluding hydrogens is 469 g/mol. The summed E-state index contributed by atoms with van der Waals surface area (Å²) in [7, 11) is 3.35. The van der Waals surface area contributed by atoms with Gasteiger partial charge in [-0.2, -0.15) is 10.5 Å². The summed E-state index contributed by atoms with van der Waals surface area (Å²) in [6.45, 7) is 3.61. The number of halogens is 1. The normalized spacial score (nSPS) is 12.0. The molecule has 0 atom stereocenters. The summed E-state index contributed by atoms with van der Waals surface area (Å²) < 4.78 is 23.3. The van der Waals surface area contributed by atoms with E-state index in [1.54, 1.807) is 50.1 Å². The van der Waals surface area contributed by atoms with E-state index in [2.05, 4.69) is 21.0 Å². The number of pyridine rings is 2. The van der Waals surface area contributed by atoms with Gasteiger partial charge in [0.05, 0.1) is 58.9 Å². The second-order valence-electron chi connectivity index (χ2n) is 9.11. The molecule has 0 N–H and O–H groups in total. The summed E-state index contributed by atoms with van der Waals surface area (Å²) in [4.78, 5) is 13.2. The highest BCUT2D eigenvalue weighted by Gasteiger charge is 2.22. The van der Waals surface area contributed by atoms with Crippen molar-refractivity contribution in [3.8, 4) is 34.8 Å². The molecular formula is C28H22FN7O. The first-order valence-corrected chi connectivity index (χ1v) is 11.4. The van der Waals surface area contributed by atoms with Crippen molar-refractivity contribution in [3.63, 3.8) is 0 Å². The van der Waals surface area contributed by atoms with Crippen LogP contribution in [0.15, 0.2) is 65.9 Å². The van der Waals surface area contributed by atoms with Crippen molar-refractivity contribution in [2.24, 2.45) is 12.0 Å². The summed E-state index contributed by atoms with van der Waals surface area (Å²) in [5.74, 6) is 0.172. The third-order valence-electron chi connectivity index (χ3n) is 6.45. The highest BCUT2D eigenvalue weighted by molar-refractivity contribution is 6.04. The first kappa shape index (κ1) is 23.7. The second kappa shape index (κ2) is 8.89. The smallest absolute Gasteiger partial charge is 0.226 e. The highest BCUT2D eigenvalue weighted by atomic mass is 19.1. The minimum Gasteiger partial charge on any atom is -0.496 e. The zero-order valence-electron chi connectivity index (χ0n) is 20.7. The largest absolute Gasteiger partial charge is 0.496 e.